The van der Waals surface area contributed by atoms with Crippen LogP contribution in [-0.2, 0) is 23.8 Å². The molecule has 8 heteroatoms. The van der Waals surface area contributed by atoms with E-state index in [1.54, 1.807) is 0 Å². The highest BCUT2D eigenvalue weighted by Crippen LogP contribution is 2.29. The summed E-state index contributed by atoms with van der Waals surface area (Å²) in [5, 5.41) is 0. The molecule has 0 aliphatic carbocycles. The largest absolute Gasteiger partial charge is 0.465 e. The maximum Gasteiger partial charge on any atom is 0.355 e. The number of halogens is 1. The Morgan fingerprint density at radius 3 is 2.15 bits per heavy atom. The van der Waals surface area contributed by atoms with Gasteiger partial charge in [-0.1, -0.05) is 6.08 Å². The number of allylic oxidation sites excluding steroid dienone is 2. The molecule has 0 spiro atoms. The van der Waals surface area contributed by atoms with E-state index in [9.17, 15) is 18.8 Å². The number of carbonyl (C=O) groups is 3. The number of ether oxygens (including phenoxy) is 3. The maximum atomic E-state index is 14.6. The molecular formula is C18H16FNO6. The molecule has 0 unspecified atom stereocenters. The number of methoxy groups -OCH3 is 3. The van der Waals surface area contributed by atoms with E-state index in [1.807, 2.05) is 0 Å². The molecule has 1 heterocycles. The Bertz CT molecular complexity index is 840. The van der Waals surface area contributed by atoms with E-state index >= 15 is 0 Å². The second kappa shape index (κ2) is 8.11. The zero-order chi connectivity index (χ0) is 19.3. The number of hydrogen-bond donors (Lipinski definition) is 0. The molecule has 1 aromatic carbocycles. The van der Waals surface area contributed by atoms with Crippen molar-refractivity contribution in [1.29, 1.82) is 0 Å². The zero-order valence-corrected chi connectivity index (χ0v) is 14.3. The minimum atomic E-state index is -0.863. The maximum absolute atomic E-state index is 14.6. The number of hydrogen-bond acceptors (Lipinski definition) is 7. The van der Waals surface area contributed by atoms with Gasteiger partial charge in [0, 0.05) is 6.20 Å². The van der Waals surface area contributed by atoms with E-state index in [2.05, 4.69) is 9.47 Å². The lowest BCUT2D eigenvalue weighted by Gasteiger charge is -2.23. The van der Waals surface area contributed by atoms with Crippen LogP contribution in [0.4, 0.5) is 10.1 Å². The second-order valence-corrected chi connectivity index (χ2v) is 4.97. The van der Waals surface area contributed by atoms with Gasteiger partial charge in [0.25, 0.3) is 0 Å². The minimum absolute atomic E-state index is 0.00228. The van der Waals surface area contributed by atoms with E-state index in [1.165, 1.54) is 43.7 Å². The van der Waals surface area contributed by atoms with Crippen LogP contribution in [0.2, 0.25) is 0 Å². The first-order valence-corrected chi connectivity index (χ1v) is 7.37. The SMILES string of the molecule is COC(=O)C1=C(C(=O)OC)N(c2ccc(C(=O)OC)cc2F)C=CC=C1. The molecule has 0 N–H and O–H groups in total. The first-order valence-electron chi connectivity index (χ1n) is 7.37. The van der Waals surface area contributed by atoms with Crippen LogP contribution in [0.15, 0.2) is 53.9 Å². The van der Waals surface area contributed by atoms with Crippen LogP contribution in [0.25, 0.3) is 0 Å². The summed E-state index contributed by atoms with van der Waals surface area (Å²) >= 11 is 0. The normalized spacial score (nSPS) is 13.3. The molecule has 2 rings (SSSR count). The highest BCUT2D eigenvalue weighted by Gasteiger charge is 2.29. The van der Waals surface area contributed by atoms with E-state index < -0.39 is 23.7 Å². The topological polar surface area (TPSA) is 82.1 Å². The average Bonchev–Trinajstić information content (AvgIpc) is 2.88. The summed E-state index contributed by atoms with van der Waals surface area (Å²) < 4.78 is 28.6. The molecule has 1 aliphatic heterocycles. The molecule has 0 saturated heterocycles. The summed E-state index contributed by atoms with van der Waals surface area (Å²) in [6.07, 6.45) is 5.74. The van der Waals surface area contributed by atoms with Crippen LogP contribution >= 0.6 is 0 Å². The molecule has 7 nitrogen and oxygen atoms in total. The molecular weight excluding hydrogens is 345 g/mol. The van der Waals surface area contributed by atoms with Crippen molar-refractivity contribution in [3.8, 4) is 0 Å². The van der Waals surface area contributed by atoms with Gasteiger partial charge in [0.05, 0.1) is 38.2 Å². The third-order valence-electron chi connectivity index (χ3n) is 3.52. The lowest BCUT2D eigenvalue weighted by Crippen LogP contribution is -2.27. The molecule has 0 aromatic heterocycles. The first kappa shape index (κ1) is 18.9. The van der Waals surface area contributed by atoms with Gasteiger partial charge in [0.15, 0.2) is 0 Å². The van der Waals surface area contributed by atoms with Crippen molar-refractivity contribution in [1.82, 2.24) is 0 Å². The third-order valence-corrected chi connectivity index (χ3v) is 3.52. The zero-order valence-electron chi connectivity index (χ0n) is 14.3. The second-order valence-electron chi connectivity index (χ2n) is 4.97. The van der Waals surface area contributed by atoms with Gasteiger partial charge in [0.2, 0.25) is 0 Å². The van der Waals surface area contributed by atoms with Crippen molar-refractivity contribution >= 4 is 23.6 Å². The molecule has 0 saturated carbocycles. The van der Waals surface area contributed by atoms with Crippen LogP contribution in [0.3, 0.4) is 0 Å². The molecule has 0 radical (unpaired) electrons. The van der Waals surface area contributed by atoms with Crippen molar-refractivity contribution < 1.29 is 33.0 Å². The summed E-state index contributed by atoms with van der Waals surface area (Å²) in [5.74, 6) is -3.16. The van der Waals surface area contributed by atoms with Gasteiger partial charge < -0.3 is 19.1 Å². The number of esters is 3. The fourth-order valence-electron chi connectivity index (χ4n) is 2.30. The highest BCUT2D eigenvalue weighted by molar-refractivity contribution is 6.05. The van der Waals surface area contributed by atoms with Gasteiger partial charge in [-0.15, -0.1) is 0 Å². The predicted molar refractivity (Wildman–Crippen MR) is 89.6 cm³/mol. The number of anilines is 1. The van der Waals surface area contributed by atoms with E-state index in [4.69, 9.17) is 4.74 Å². The predicted octanol–water partition coefficient (Wildman–Crippen LogP) is 2.10. The van der Waals surface area contributed by atoms with Crippen molar-refractivity contribution in [2.45, 2.75) is 0 Å². The van der Waals surface area contributed by atoms with Gasteiger partial charge >= 0.3 is 17.9 Å². The van der Waals surface area contributed by atoms with E-state index in [0.29, 0.717) is 0 Å². The number of carbonyl (C=O) groups excluding carboxylic acids is 3. The van der Waals surface area contributed by atoms with Crippen LogP contribution in [-0.4, -0.2) is 39.2 Å². The Labute approximate surface area is 148 Å². The van der Waals surface area contributed by atoms with Crippen molar-refractivity contribution in [2.24, 2.45) is 0 Å². The quantitative estimate of drug-likeness (QED) is 0.600. The molecule has 0 bridgehead atoms. The van der Waals surface area contributed by atoms with Crippen LogP contribution in [0, 0.1) is 5.82 Å². The van der Waals surface area contributed by atoms with Crippen molar-refractivity contribution in [3.63, 3.8) is 0 Å². The Balaban J connectivity index is 2.63. The number of benzene rings is 1. The summed E-state index contributed by atoms with van der Waals surface area (Å²) in [4.78, 5) is 37.0. The lowest BCUT2D eigenvalue weighted by atomic mass is 10.1. The van der Waals surface area contributed by atoms with Crippen molar-refractivity contribution in [3.05, 3.63) is 65.3 Å². The van der Waals surface area contributed by atoms with Gasteiger partial charge in [-0.3, -0.25) is 0 Å². The Morgan fingerprint density at radius 1 is 0.923 bits per heavy atom. The van der Waals surface area contributed by atoms with Crippen molar-refractivity contribution in [2.75, 3.05) is 26.2 Å². The Kier molecular flexibility index (Phi) is 5.90. The molecule has 0 atom stereocenters. The molecule has 1 aromatic rings. The minimum Gasteiger partial charge on any atom is -0.465 e. The first-order chi connectivity index (χ1) is 12.4. The fourth-order valence-corrected chi connectivity index (χ4v) is 2.30. The smallest absolute Gasteiger partial charge is 0.355 e. The number of rotatable bonds is 4. The molecule has 0 fully saturated rings. The third kappa shape index (κ3) is 3.64. The molecule has 1 aliphatic rings. The summed E-state index contributed by atoms with van der Waals surface area (Å²) in [5.41, 5.74) is -0.406. The highest BCUT2D eigenvalue weighted by atomic mass is 19.1. The Morgan fingerprint density at radius 2 is 1.58 bits per heavy atom. The van der Waals surface area contributed by atoms with Gasteiger partial charge in [-0.25, -0.2) is 18.8 Å². The molecule has 0 amide bonds. The lowest BCUT2D eigenvalue weighted by molar-refractivity contribution is -0.139. The number of nitrogens with zero attached hydrogens (tertiary/aromatic N) is 1. The van der Waals surface area contributed by atoms with Crippen LogP contribution < -0.4 is 4.90 Å². The van der Waals surface area contributed by atoms with Gasteiger partial charge in [-0.05, 0) is 30.4 Å². The van der Waals surface area contributed by atoms with E-state index in [0.717, 1.165) is 25.2 Å². The monoisotopic (exact) mass is 361 g/mol. The standard InChI is InChI=1S/C18H16FNO6/c1-24-16(21)11-7-8-14(13(19)10-11)20-9-5-4-6-12(17(22)25-2)15(20)18(23)26-3/h4-10H,1-3H3. The molecule has 26 heavy (non-hydrogen) atoms. The molecule has 136 valence electrons. The van der Waals surface area contributed by atoms with Gasteiger partial charge in [0.1, 0.15) is 11.5 Å². The fraction of sp³-hybridized carbons (Fsp3) is 0.167. The average molecular weight is 361 g/mol. The van der Waals surface area contributed by atoms with Crippen LogP contribution in [0.5, 0.6) is 0 Å². The van der Waals surface area contributed by atoms with Gasteiger partial charge in [-0.2, -0.15) is 0 Å². The summed E-state index contributed by atoms with van der Waals surface area (Å²) in [6.45, 7) is 0. The Hall–Kier alpha value is -3.42. The van der Waals surface area contributed by atoms with Crippen LogP contribution in [0.1, 0.15) is 10.4 Å². The summed E-state index contributed by atoms with van der Waals surface area (Å²) in [6, 6.07) is 3.60. The van der Waals surface area contributed by atoms with E-state index in [-0.39, 0.29) is 22.5 Å². The summed E-state index contributed by atoms with van der Waals surface area (Å²) in [7, 11) is 3.47.